The quantitative estimate of drug-likeness (QED) is 0.872. The number of ether oxygens (including phenoxy) is 1. The fourth-order valence-electron chi connectivity index (χ4n) is 1.70. The number of benzene rings is 1. The minimum atomic E-state index is -0.761. The van der Waals surface area contributed by atoms with E-state index < -0.39 is 5.97 Å². The van der Waals surface area contributed by atoms with E-state index >= 15 is 0 Å². The molecule has 0 bridgehead atoms. The van der Waals surface area contributed by atoms with Gasteiger partial charge in [0.25, 0.3) is 0 Å². The average molecular weight is 287 g/mol. The number of carbonyl (C=O) groups is 1. The lowest BCUT2D eigenvalue weighted by Gasteiger charge is -2.26. The highest BCUT2D eigenvalue weighted by Gasteiger charge is 2.20. The van der Waals surface area contributed by atoms with Crippen LogP contribution in [0.4, 0.5) is 0 Å². The van der Waals surface area contributed by atoms with E-state index in [1.807, 2.05) is 30.0 Å². The Morgan fingerprint density at radius 2 is 2.28 bits per heavy atom. The van der Waals surface area contributed by atoms with Crippen molar-refractivity contribution in [1.29, 1.82) is 0 Å². The van der Waals surface area contributed by atoms with E-state index in [0.29, 0.717) is 11.4 Å². The largest absolute Gasteiger partial charge is 0.487 e. The molecule has 0 aromatic heterocycles. The van der Waals surface area contributed by atoms with Gasteiger partial charge in [-0.05, 0) is 30.5 Å². The molecule has 1 aliphatic heterocycles. The summed E-state index contributed by atoms with van der Waals surface area (Å²) in [6.45, 7) is 0. The van der Waals surface area contributed by atoms with E-state index in [-0.39, 0.29) is 12.5 Å². The summed E-state index contributed by atoms with van der Waals surface area (Å²) >= 11 is 8.01. The fourth-order valence-corrected chi connectivity index (χ4v) is 2.51. The third kappa shape index (κ3) is 3.82. The van der Waals surface area contributed by atoms with Gasteiger partial charge in [-0.3, -0.25) is 4.79 Å². The van der Waals surface area contributed by atoms with Gasteiger partial charge in [0, 0.05) is 17.9 Å². The fraction of sp³-hybridized carbons (Fsp3) is 0.462. The van der Waals surface area contributed by atoms with Crippen LogP contribution in [0, 0.1) is 0 Å². The van der Waals surface area contributed by atoms with Crippen LogP contribution in [0.15, 0.2) is 18.2 Å². The molecule has 0 saturated carbocycles. The summed E-state index contributed by atoms with van der Waals surface area (Å²) in [5.41, 5.74) is 1.05. The molecule has 0 aliphatic carbocycles. The maximum Gasteiger partial charge on any atom is 0.303 e. The van der Waals surface area contributed by atoms with Crippen molar-refractivity contribution >= 4 is 29.3 Å². The van der Waals surface area contributed by atoms with Crippen molar-refractivity contribution in [3.05, 3.63) is 28.8 Å². The van der Waals surface area contributed by atoms with Crippen LogP contribution in [0.2, 0.25) is 5.02 Å². The first-order valence-electron chi connectivity index (χ1n) is 5.90. The van der Waals surface area contributed by atoms with Crippen molar-refractivity contribution in [3.63, 3.8) is 0 Å². The first kappa shape index (κ1) is 13.6. The van der Waals surface area contributed by atoms with Gasteiger partial charge in [-0.25, -0.2) is 0 Å². The maximum atomic E-state index is 10.4. The molecule has 0 unspecified atom stereocenters. The molecule has 0 radical (unpaired) electrons. The summed E-state index contributed by atoms with van der Waals surface area (Å²) in [6.07, 6.45) is 1.83. The van der Waals surface area contributed by atoms with Crippen LogP contribution in [-0.2, 0) is 11.2 Å². The third-order valence-electron chi connectivity index (χ3n) is 2.75. The minimum absolute atomic E-state index is 0.190. The molecule has 18 heavy (non-hydrogen) atoms. The standard InChI is InChI=1S/C13H15ClO3S/c14-11-6-9(2-1-3-13(15)16)4-5-12(11)17-10-7-18-8-10/h4-6,10H,1-3,7-8H2,(H,15,16). The topological polar surface area (TPSA) is 46.5 Å². The Balaban J connectivity index is 1.89. The van der Waals surface area contributed by atoms with Crippen LogP contribution in [0.1, 0.15) is 18.4 Å². The zero-order chi connectivity index (χ0) is 13.0. The number of aryl methyl sites for hydroxylation is 1. The lowest BCUT2D eigenvalue weighted by atomic mass is 10.1. The minimum Gasteiger partial charge on any atom is -0.487 e. The Bertz CT molecular complexity index is 432. The van der Waals surface area contributed by atoms with Gasteiger partial charge in [-0.2, -0.15) is 11.8 Å². The highest BCUT2D eigenvalue weighted by Crippen LogP contribution is 2.30. The molecule has 1 fully saturated rings. The molecule has 3 nitrogen and oxygen atoms in total. The zero-order valence-electron chi connectivity index (χ0n) is 9.89. The number of carboxylic acid groups (broad SMARTS) is 1. The van der Waals surface area contributed by atoms with Gasteiger partial charge < -0.3 is 9.84 Å². The second-order valence-corrected chi connectivity index (χ2v) is 5.77. The van der Waals surface area contributed by atoms with Gasteiger partial charge >= 0.3 is 5.97 Å². The number of rotatable bonds is 6. The highest BCUT2D eigenvalue weighted by atomic mass is 35.5. The number of aliphatic carboxylic acids is 1. The first-order valence-corrected chi connectivity index (χ1v) is 7.43. The Kier molecular flexibility index (Phi) is 4.78. The van der Waals surface area contributed by atoms with Crippen molar-refractivity contribution < 1.29 is 14.6 Å². The lowest BCUT2D eigenvalue weighted by Crippen LogP contribution is -2.31. The second-order valence-electron chi connectivity index (χ2n) is 4.29. The van der Waals surface area contributed by atoms with E-state index in [4.69, 9.17) is 21.4 Å². The average Bonchev–Trinajstić information content (AvgIpc) is 2.25. The Labute approximate surface area is 115 Å². The number of hydrogen-bond donors (Lipinski definition) is 1. The van der Waals surface area contributed by atoms with E-state index in [9.17, 15) is 4.79 Å². The molecule has 2 rings (SSSR count). The van der Waals surface area contributed by atoms with E-state index in [1.54, 1.807) is 0 Å². The van der Waals surface area contributed by atoms with Crippen LogP contribution < -0.4 is 4.74 Å². The molecule has 1 heterocycles. The summed E-state index contributed by atoms with van der Waals surface area (Å²) < 4.78 is 5.73. The van der Waals surface area contributed by atoms with Crippen LogP contribution in [0.5, 0.6) is 5.75 Å². The third-order valence-corrected chi connectivity index (χ3v) is 4.26. The molecule has 1 aromatic carbocycles. The van der Waals surface area contributed by atoms with Crippen molar-refractivity contribution in [2.75, 3.05) is 11.5 Å². The molecule has 1 aliphatic rings. The van der Waals surface area contributed by atoms with Crippen LogP contribution in [0.25, 0.3) is 0 Å². The Hall–Kier alpha value is -0.870. The highest BCUT2D eigenvalue weighted by molar-refractivity contribution is 8.00. The monoisotopic (exact) mass is 286 g/mol. The van der Waals surface area contributed by atoms with Crippen LogP contribution >= 0.6 is 23.4 Å². The van der Waals surface area contributed by atoms with E-state index in [2.05, 4.69) is 0 Å². The number of carboxylic acids is 1. The van der Waals surface area contributed by atoms with Crippen LogP contribution in [-0.4, -0.2) is 28.7 Å². The van der Waals surface area contributed by atoms with Crippen LogP contribution in [0.3, 0.4) is 0 Å². The SMILES string of the molecule is O=C(O)CCCc1ccc(OC2CSC2)c(Cl)c1. The molecule has 0 atom stereocenters. The number of thioether (sulfide) groups is 1. The number of hydrogen-bond acceptors (Lipinski definition) is 3. The van der Waals surface area contributed by atoms with E-state index in [0.717, 1.165) is 29.2 Å². The lowest BCUT2D eigenvalue weighted by molar-refractivity contribution is -0.137. The van der Waals surface area contributed by atoms with Gasteiger partial charge in [0.2, 0.25) is 0 Å². The predicted octanol–water partition coefficient (Wildman–Crippen LogP) is 3.24. The molecule has 0 amide bonds. The van der Waals surface area contributed by atoms with E-state index in [1.165, 1.54) is 0 Å². The Morgan fingerprint density at radius 3 is 2.83 bits per heavy atom. The summed E-state index contributed by atoms with van der Waals surface area (Å²) in [7, 11) is 0. The summed E-state index contributed by atoms with van der Waals surface area (Å²) in [4.78, 5) is 10.4. The summed E-state index contributed by atoms with van der Waals surface area (Å²) in [6, 6.07) is 5.70. The van der Waals surface area contributed by atoms with Crippen molar-refractivity contribution in [2.45, 2.75) is 25.4 Å². The van der Waals surface area contributed by atoms with Gasteiger partial charge in [0.1, 0.15) is 11.9 Å². The second kappa shape index (κ2) is 6.34. The molecular formula is C13H15ClO3S. The summed E-state index contributed by atoms with van der Waals surface area (Å²) in [5, 5.41) is 9.19. The molecule has 1 saturated heterocycles. The molecule has 1 aromatic rings. The summed E-state index contributed by atoms with van der Waals surface area (Å²) in [5.74, 6) is 2.01. The number of halogens is 1. The van der Waals surface area contributed by atoms with Crippen molar-refractivity contribution in [1.82, 2.24) is 0 Å². The van der Waals surface area contributed by atoms with Crippen molar-refractivity contribution in [3.8, 4) is 5.75 Å². The molecule has 1 N–H and O–H groups in total. The smallest absolute Gasteiger partial charge is 0.303 e. The molecular weight excluding hydrogens is 272 g/mol. The Morgan fingerprint density at radius 1 is 1.50 bits per heavy atom. The van der Waals surface area contributed by atoms with Gasteiger partial charge in [-0.1, -0.05) is 17.7 Å². The van der Waals surface area contributed by atoms with Gasteiger partial charge in [-0.15, -0.1) is 0 Å². The zero-order valence-corrected chi connectivity index (χ0v) is 11.5. The predicted molar refractivity (Wildman–Crippen MR) is 73.8 cm³/mol. The normalized spacial score (nSPS) is 15.2. The maximum absolute atomic E-state index is 10.4. The van der Waals surface area contributed by atoms with Gasteiger partial charge in [0.15, 0.2) is 0 Å². The van der Waals surface area contributed by atoms with Crippen molar-refractivity contribution in [2.24, 2.45) is 0 Å². The van der Waals surface area contributed by atoms with Gasteiger partial charge in [0.05, 0.1) is 5.02 Å². The molecule has 5 heteroatoms. The molecule has 0 spiro atoms. The molecule has 98 valence electrons. The first-order chi connectivity index (χ1) is 8.65.